The van der Waals surface area contributed by atoms with Crippen molar-refractivity contribution in [3.63, 3.8) is 0 Å². The molecule has 3 N–H and O–H groups in total. The van der Waals surface area contributed by atoms with Gasteiger partial charge in [-0.05, 0) is 95.6 Å². The number of rotatable bonds is 5. The second-order valence-electron chi connectivity index (χ2n) is 14.8. The van der Waals surface area contributed by atoms with Crippen LogP contribution in [0.3, 0.4) is 0 Å². The molecular formula is C54H40N4S. The van der Waals surface area contributed by atoms with Crippen molar-refractivity contribution in [2.45, 2.75) is 16.7 Å². The zero-order valence-electron chi connectivity index (χ0n) is 32.5. The van der Waals surface area contributed by atoms with Crippen LogP contribution in [0.4, 0.5) is 22.7 Å². The van der Waals surface area contributed by atoms with Gasteiger partial charge in [-0.15, -0.1) is 0 Å². The van der Waals surface area contributed by atoms with E-state index >= 15 is 0 Å². The van der Waals surface area contributed by atoms with Crippen molar-refractivity contribution in [1.82, 2.24) is 4.57 Å². The number of aryl methyl sites for hydroxylation is 1. The average Bonchev–Trinajstić information content (AvgIpc) is 3.63. The highest BCUT2D eigenvalue weighted by Crippen LogP contribution is 2.52. The van der Waals surface area contributed by atoms with Crippen LogP contribution >= 0.6 is 11.8 Å². The highest BCUT2D eigenvalue weighted by molar-refractivity contribution is 7.99. The molecule has 2 heterocycles. The largest absolute Gasteiger partial charge is 0.398 e. The summed E-state index contributed by atoms with van der Waals surface area (Å²) < 4.78 is 2.43. The van der Waals surface area contributed by atoms with Gasteiger partial charge in [0.25, 0.3) is 0 Å². The Morgan fingerprint density at radius 1 is 0.508 bits per heavy atom. The summed E-state index contributed by atoms with van der Waals surface area (Å²) in [5.74, 6) is 0. The highest BCUT2D eigenvalue weighted by Gasteiger charge is 2.25. The maximum atomic E-state index is 8.03. The fraction of sp³-hybridized carbons (Fsp3) is 0.0185. The van der Waals surface area contributed by atoms with Crippen LogP contribution in [0.1, 0.15) is 16.7 Å². The molecule has 0 unspecified atom stereocenters. The van der Waals surface area contributed by atoms with Crippen molar-refractivity contribution >= 4 is 72.8 Å². The van der Waals surface area contributed by atoms with Gasteiger partial charge in [0.05, 0.1) is 28.1 Å². The smallest absolute Gasteiger partial charge is 0.0705 e. The molecule has 0 amide bonds. The summed E-state index contributed by atoms with van der Waals surface area (Å²) in [7, 11) is 0. The van der Waals surface area contributed by atoms with E-state index in [2.05, 4.69) is 168 Å². The number of aromatic nitrogens is 1. The number of nitrogens with two attached hydrogens (primary N) is 1. The molecule has 282 valence electrons. The third kappa shape index (κ3) is 6.62. The van der Waals surface area contributed by atoms with Crippen molar-refractivity contribution < 1.29 is 0 Å². The van der Waals surface area contributed by atoms with Gasteiger partial charge in [-0.3, -0.25) is 5.41 Å². The van der Waals surface area contributed by atoms with Crippen molar-refractivity contribution in [2.24, 2.45) is 0 Å². The molecule has 0 fully saturated rings. The summed E-state index contributed by atoms with van der Waals surface area (Å²) in [6.45, 7) is 2.15. The van der Waals surface area contributed by atoms with E-state index in [4.69, 9.17) is 11.1 Å². The molecule has 4 nitrogen and oxygen atoms in total. The van der Waals surface area contributed by atoms with Gasteiger partial charge in [-0.25, -0.2) is 0 Å². The van der Waals surface area contributed by atoms with Gasteiger partial charge < -0.3 is 15.2 Å². The molecule has 1 aliphatic rings. The Bertz CT molecular complexity index is 3170. The SMILES string of the molecule is Cc1ccc(-n2c3cc(-c4ccc5c(c4)N(c4ccccc4)c4ccccc4S5)ccc3c3c4ccccc4ccc32)cc1.N=C(c1ccccc1)c1ccccc1N. The van der Waals surface area contributed by atoms with Gasteiger partial charge in [-0.1, -0.05) is 157 Å². The van der Waals surface area contributed by atoms with Crippen molar-refractivity contribution in [3.05, 3.63) is 223 Å². The number of nitrogen functional groups attached to an aromatic ring is 1. The average molecular weight is 777 g/mol. The Hall–Kier alpha value is -7.34. The van der Waals surface area contributed by atoms with E-state index in [1.54, 1.807) is 0 Å². The molecule has 0 radical (unpaired) electrons. The highest BCUT2D eigenvalue weighted by atomic mass is 32.2. The lowest BCUT2D eigenvalue weighted by atomic mass is 10.0. The fourth-order valence-electron chi connectivity index (χ4n) is 8.21. The number of nitrogens with zero attached hydrogens (tertiary/aromatic N) is 2. The van der Waals surface area contributed by atoms with Gasteiger partial charge in [0.2, 0.25) is 0 Å². The Morgan fingerprint density at radius 2 is 1.17 bits per heavy atom. The molecule has 9 aromatic carbocycles. The molecule has 11 rings (SSSR count). The molecule has 1 aliphatic heterocycles. The Labute approximate surface area is 348 Å². The van der Waals surface area contributed by atoms with Gasteiger partial charge in [0, 0.05) is 48.8 Å². The molecular weight excluding hydrogens is 737 g/mol. The monoisotopic (exact) mass is 776 g/mol. The summed E-state index contributed by atoms with van der Waals surface area (Å²) >= 11 is 1.85. The van der Waals surface area contributed by atoms with Crippen LogP contribution in [0, 0.1) is 12.3 Å². The minimum atomic E-state index is 0.466. The number of para-hydroxylation sites is 3. The third-order valence-electron chi connectivity index (χ3n) is 11.1. The Morgan fingerprint density at radius 3 is 1.98 bits per heavy atom. The number of hydrogen-bond acceptors (Lipinski definition) is 4. The molecule has 59 heavy (non-hydrogen) atoms. The lowest BCUT2D eigenvalue weighted by Gasteiger charge is -2.33. The quantitative estimate of drug-likeness (QED) is 0.135. The van der Waals surface area contributed by atoms with E-state index in [1.807, 2.05) is 66.4 Å². The summed E-state index contributed by atoms with van der Waals surface area (Å²) in [6, 6.07) is 72.5. The van der Waals surface area contributed by atoms with Crippen LogP contribution in [0.15, 0.2) is 216 Å². The summed E-state index contributed by atoms with van der Waals surface area (Å²) in [5.41, 5.74) is 19.5. The zero-order valence-corrected chi connectivity index (χ0v) is 33.3. The molecule has 10 aromatic rings. The lowest BCUT2D eigenvalue weighted by Crippen LogP contribution is -2.14. The molecule has 0 aliphatic carbocycles. The first-order chi connectivity index (χ1) is 29.0. The van der Waals surface area contributed by atoms with Crippen LogP contribution in [0.25, 0.3) is 49.4 Å². The van der Waals surface area contributed by atoms with Gasteiger partial charge in [0.1, 0.15) is 0 Å². The van der Waals surface area contributed by atoms with E-state index < -0.39 is 0 Å². The van der Waals surface area contributed by atoms with E-state index in [1.165, 1.54) is 81.8 Å². The minimum absolute atomic E-state index is 0.466. The summed E-state index contributed by atoms with van der Waals surface area (Å²) in [5, 5.41) is 13.2. The number of hydrogen-bond donors (Lipinski definition) is 2. The Kier molecular flexibility index (Phi) is 9.28. The van der Waals surface area contributed by atoms with Crippen LogP contribution < -0.4 is 10.6 Å². The van der Waals surface area contributed by atoms with E-state index in [9.17, 15) is 0 Å². The molecule has 5 heteroatoms. The van der Waals surface area contributed by atoms with Crippen molar-refractivity contribution in [1.29, 1.82) is 5.41 Å². The summed E-state index contributed by atoms with van der Waals surface area (Å²) in [4.78, 5) is 4.93. The number of benzene rings is 9. The standard InChI is InChI=1S/C41H28N2S.C13H12N2/c1-27-15-20-32(21-16-27)43-36-23-18-28-9-5-6-12-33(28)41(36)34-22-17-29(25-37(34)43)30-19-24-40-38(26-30)42(31-10-3-2-4-11-31)35-13-7-8-14-39(35)44-40;14-12-9-5-4-8-11(12)13(15)10-6-2-1-3-7-10/h2-26H,1H3;1-9,15H,14H2. The predicted octanol–water partition coefficient (Wildman–Crippen LogP) is 14.5. The second kappa shape index (κ2) is 15.2. The van der Waals surface area contributed by atoms with Gasteiger partial charge in [-0.2, -0.15) is 0 Å². The first-order valence-corrected chi connectivity index (χ1v) is 20.6. The predicted molar refractivity (Wildman–Crippen MR) is 250 cm³/mol. The van der Waals surface area contributed by atoms with E-state index in [0.717, 1.165) is 11.1 Å². The fourth-order valence-corrected chi connectivity index (χ4v) is 9.25. The van der Waals surface area contributed by atoms with E-state index in [0.29, 0.717) is 11.4 Å². The van der Waals surface area contributed by atoms with Crippen LogP contribution in [-0.2, 0) is 0 Å². The van der Waals surface area contributed by atoms with Crippen molar-refractivity contribution in [2.75, 3.05) is 10.6 Å². The maximum absolute atomic E-state index is 8.03. The topological polar surface area (TPSA) is 58.0 Å². The molecule has 0 saturated heterocycles. The van der Waals surface area contributed by atoms with Gasteiger partial charge in [0.15, 0.2) is 0 Å². The van der Waals surface area contributed by atoms with Crippen LogP contribution in [-0.4, -0.2) is 10.3 Å². The first kappa shape index (κ1) is 36.0. The lowest BCUT2D eigenvalue weighted by molar-refractivity contribution is 1.17. The van der Waals surface area contributed by atoms with Crippen molar-refractivity contribution in [3.8, 4) is 16.8 Å². The molecule has 0 bridgehead atoms. The Balaban J connectivity index is 0.000000237. The van der Waals surface area contributed by atoms with Gasteiger partial charge >= 0.3 is 0 Å². The number of fused-ring (bicyclic) bond motifs is 7. The normalized spacial score (nSPS) is 11.8. The van der Waals surface area contributed by atoms with Crippen LogP contribution in [0.5, 0.6) is 0 Å². The molecule has 0 atom stereocenters. The van der Waals surface area contributed by atoms with Crippen LogP contribution in [0.2, 0.25) is 0 Å². The number of anilines is 4. The number of nitrogens with one attached hydrogen (secondary N) is 1. The minimum Gasteiger partial charge on any atom is -0.398 e. The molecule has 1 aromatic heterocycles. The zero-order chi connectivity index (χ0) is 39.9. The second-order valence-corrected chi connectivity index (χ2v) is 15.9. The summed E-state index contributed by atoms with van der Waals surface area (Å²) in [6.07, 6.45) is 0. The third-order valence-corrected chi connectivity index (χ3v) is 12.2. The molecule has 0 saturated carbocycles. The molecule has 0 spiro atoms. The van der Waals surface area contributed by atoms with E-state index in [-0.39, 0.29) is 0 Å². The maximum Gasteiger partial charge on any atom is 0.0705 e. The first-order valence-electron chi connectivity index (χ1n) is 19.8.